The van der Waals surface area contributed by atoms with E-state index in [-0.39, 0.29) is 11.7 Å². The molecule has 2 aromatic carbocycles. The first-order valence-electron chi connectivity index (χ1n) is 9.65. The number of anilines is 1. The van der Waals surface area contributed by atoms with E-state index in [1.807, 2.05) is 18.2 Å². The smallest absolute Gasteiger partial charge is 0.256 e. The van der Waals surface area contributed by atoms with Crippen LogP contribution in [-0.4, -0.2) is 22.5 Å². The first-order chi connectivity index (χ1) is 14.5. The van der Waals surface area contributed by atoms with Gasteiger partial charge in [0, 0.05) is 34.5 Å². The van der Waals surface area contributed by atoms with Gasteiger partial charge in [0.25, 0.3) is 5.91 Å². The Kier molecular flexibility index (Phi) is 5.51. The molecule has 0 bridgehead atoms. The number of carbonyl (C=O) groups is 1. The summed E-state index contributed by atoms with van der Waals surface area (Å²) in [5.74, 6) is 0.118. The van der Waals surface area contributed by atoms with Crippen LogP contribution < -0.4 is 10.6 Å². The highest BCUT2D eigenvalue weighted by Gasteiger charge is 2.34. The molecule has 3 heterocycles. The van der Waals surface area contributed by atoms with Gasteiger partial charge in [-0.2, -0.15) is 0 Å². The predicted molar refractivity (Wildman–Crippen MR) is 131 cm³/mol. The number of nitrogens with zero attached hydrogens (tertiary/aromatic N) is 1. The lowest BCUT2D eigenvalue weighted by Crippen LogP contribution is -2.39. The van der Waals surface area contributed by atoms with E-state index in [1.165, 1.54) is 10.4 Å². The van der Waals surface area contributed by atoms with Crippen molar-refractivity contribution in [1.29, 1.82) is 0 Å². The van der Waals surface area contributed by atoms with Crippen LogP contribution in [-0.2, 0) is 19.5 Å². The van der Waals surface area contributed by atoms with Crippen LogP contribution in [0.3, 0.4) is 0 Å². The van der Waals surface area contributed by atoms with Crippen LogP contribution in [0.5, 0.6) is 5.75 Å². The van der Waals surface area contributed by atoms with Crippen molar-refractivity contribution in [2.24, 2.45) is 0 Å². The number of carbonyl (C=O) groups excluding carboxylic acids is 1. The van der Waals surface area contributed by atoms with Crippen LogP contribution in [0.2, 0.25) is 0 Å². The molecule has 3 N–H and O–H groups in total. The van der Waals surface area contributed by atoms with Gasteiger partial charge < -0.3 is 15.7 Å². The van der Waals surface area contributed by atoms with Crippen LogP contribution in [0.1, 0.15) is 38.1 Å². The van der Waals surface area contributed by atoms with Gasteiger partial charge in [-0.1, -0.05) is 46.3 Å². The molecule has 1 aromatic heterocycles. The molecule has 0 aliphatic carbocycles. The molecule has 5 rings (SSSR count). The van der Waals surface area contributed by atoms with Crippen molar-refractivity contribution in [3.8, 4) is 5.75 Å². The number of rotatable bonds is 3. The number of benzene rings is 2. The Morgan fingerprint density at radius 2 is 2.03 bits per heavy atom. The summed E-state index contributed by atoms with van der Waals surface area (Å²) in [6, 6.07) is 14.2. The molecule has 2 aliphatic heterocycles. The fourth-order valence-electron chi connectivity index (χ4n) is 4.11. The van der Waals surface area contributed by atoms with Crippen molar-refractivity contribution >= 4 is 60.8 Å². The van der Waals surface area contributed by atoms with Gasteiger partial charge in [-0.3, -0.25) is 9.69 Å². The lowest BCUT2D eigenvalue weighted by Gasteiger charge is -2.29. The Labute approximate surface area is 200 Å². The topological polar surface area (TPSA) is 64.6 Å². The predicted octanol–water partition coefficient (Wildman–Crippen LogP) is 5.23. The highest BCUT2D eigenvalue weighted by atomic mass is 127. The summed E-state index contributed by atoms with van der Waals surface area (Å²) >= 11 is 7.24. The third kappa shape index (κ3) is 3.74. The Balaban J connectivity index is 1.41. The second kappa shape index (κ2) is 8.14. The molecular formula is C22H19BrIN3O2S. The fraction of sp³-hybridized carbons (Fsp3) is 0.227. The number of phenolic OH excluding ortho intramolecular Hbond substituents is 1. The number of phenols is 1. The number of amides is 1. The van der Waals surface area contributed by atoms with Crippen LogP contribution in [0, 0.1) is 3.57 Å². The molecule has 0 spiro atoms. The van der Waals surface area contributed by atoms with E-state index < -0.39 is 6.17 Å². The summed E-state index contributed by atoms with van der Waals surface area (Å²) < 4.78 is 1.60. The number of hydrogen-bond acceptors (Lipinski definition) is 5. The average Bonchev–Trinajstić information content (AvgIpc) is 3.09. The van der Waals surface area contributed by atoms with Crippen LogP contribution in [0.4, 0.5) is 5.00 Å². The van der Waals surface area contributed by atoms with Crippen LogP contribution in [0.15, 0.2) is 46.9 Å². The Morgan fingerprint density at radius 3 is 2.83 bits per heavy atom. The number of nitrogens with one attached hydrogen (secondary N) is 2. The third-order valence-electron chi connectivity index (χ3n) is 5.53. The zero-order chi connectivity index (χ0) is 20.8. The summed E-state index contributed by atoms with van der Waals surface area (Å²) in [4.78, 5) is 16.7. The van der Waals surface area contributed by atoms with Gasteiger partial charge in [-0.05, 0) is 52.3 Å². The summed E-state index contributed by atoms with van der Waals surface area (Å²) in [6.07, 6.45) is 0.407. The van der Waals surface area contributed by atoms with E-state index in [0.29, 0.717) is 5.56 Å². The van der Waals surface area contributed by atoms with Gasteiger partial charge in [0.05, 0.1) is 9.13 Å². The van der Waals surface area contributed by atoms with Crippen molar-refractivity contribution in [3.63, 3.8) is 0 Å². The quantitative estimate of drug-likeness (QED) is 0.363. The van der Waals surface area contributed by atoms with E-state index in [9.17, 15) is 9.90 Å². The Bertz CT molecular complexity index is 1140. The summed E-state index contributed by atoms with van der Waals surface area (Å²) in [5, 5.41) is 17.9. The maximum atomic E-state index is 13.0. The van der Waals surface area contributed by atoms with E-state index in [2.05, 4.69) is 78.3 Å². The summed E-state index contributed by atoms with van der Waals surface area (Å²) in [6.45, 7) is 2.70. The van der Waals surface area contributed by atoms with Crippen molar-refractivity contribution in [3.05, 3.63) is 77.6 Å². The molecule has 154 valence electrons. The van der Waals surface area contributed by atoms with Gasteiger partial charge >= 0.3 is 0 Å². The van der Waals surface area contributed by atoms with E-state index in [0.717, 1.165) is 50.2 Å². The SMILES string of the molecule is O=C1N[C@H](c2cc(Br)cc(I)c2O)Nc2sc3c(c21)CCN(Cc1ccccc1)C3. The van der Waals surface area contributed by atoms with Gasteiger partial charge in [0.2, 0.25) is 0 Å². The lowest BCUT2D eigenvalue weighted by molar-refractivity contribution is 0.0934. The van der Waals surface area contributed by atoms with E-state index in [1.54, 1.807) is 11.3 Å². The average molecular weight is 596 g/mol. The van der Waals surface area contributed by atoms with Gasteiger partial charge in [-0.15, -0.1) is 11.3 Å². The third-order valence-corrected chi connectivity index (χ3v) is 7.96. The van der Waals surface area contributed by atoms with Crippen molar-refractivity contribution < 1.29 is 9.90 Å². The zero-order valence-electron chi connectivity index (χ0n) is 15.9. The van der Waals surface area contributed by atoms with E-state index >= 15 is 0 Å². The molecule has 8 heteroatoms. The number of halogens is 2. The fourth-order valence-corrected chi connectivity index (χ4v) is 6.97. The molecule has 0 radical (unpaired) electrons. The first-order valence-corrected chi connectivity index (χ1v) is 12.3. The zero-order valence-corrected chi connectivity index (χ0v) is 20.5. The van der Waals surface area contributed by atoms with E-state index in [4.69, 9.17) is 0 Å². The lowest BCUT2D eigenvalue weighted by atomic mass is 10.00. The highest BCUT2D eigenvalue weighted by molar-refractivity contribution is 14.1. The minimum absolute atomic E-state index is 0.0721. The normalized spacial score (nSPS) is 18.3. The Morgan fingerprint density at radius 1 is 1.23 bits per heavy atom. The standard InChI is InChI=1S/C22H19BrIN3O2S/c23-13-8-15(19(28)16(24)9-13)20-25-21(29)18-14-6-7-27(10-12-4-2-1-3-5-12)11-17(14)30-22(18)26-20/h1-5,8-9,20,26,28H,6-7,10-11H2,(H,25,29)/t20-/m0/s1. The second-order valence-corrected chi connectivity index (χ2v) is 10.7. The number of fused-ring (bicyclic) bond motifs is 3. The minimum atomic E-state index is -0.462. The molecule has 1 amide bonds. The highest BCUT2D eigenvalue weighted by Crippen LogP contribution is 2.42. The van der Waals surface area contributed by atoms with Crippen LogP contribution >= 0.6 is 49.9 Å². The largest absolute Gasteiger partial charge is 0.506 e. The number of thiophene rings is 1. The Hall–Kier alpha value is -1.62. The molecule has 0 saturated heterocycles. The minimum Gasteiger partial charge on any atom is -0.506 e. The first kappa shape index (κ1) is 20.3. The molecular weight excluding hydrogens is 577 g/mol. The maximum Gasteiger partial charge on any atom is 0.256 e. The van der Waals surface area contributed by atoms with Crippen molar-refractivity contribution in [2.45, 2.75) is 25.7 Å². The molecule has 1 atom stereocenters. The van der Waals surface area contributed by atoms with Crippen LogP contribution in [0.25, 0.3) is 0 Å². The molecule has 0 saturated carbocycles. The number of hydrogen-bond donors (Lipinski definition) is 3. The molecule has 0 fully saturated rings. The molecule has 30 heavy (non-hydrogen) atoms. The summed E-state index contributed by atoms with van der Waals surface area (Å²) in [5.41, 5.74) is 3.90. The monoisotopic (exact) mass is 595 g/mol. The van der Waals surface area contributed by atoms with Crippen molar-refractivity contribution in [1.82, 2.24) is 10.2 Å². The van der Waals surface area contributed by atoms with Gasteiger partial charge in [0.15, 0.2) is 0 Å². The second-order valence-electron chi connectivity index (χ2n) is 7.53. The van der Waals surface area contributed by atoms with Gasteiger partial charge in [-0.25, -0.2) is 0 Å². The number of aromatic hydroxyl groups is 1. The molecule has 5 nitrogen and oxygen atoms in total. The molecule has 3 aromatic rings. The summed E-state index contributed by atoms with van der Waals surface area (Å²) in [7, 11) is 0. The van der Waals surface area contributed by atoms with Gasteiger partial charge in [0.1, 0.15) is 16.9 Å². The maximum absolute atomic E-state index is 13.0. The van der Waals surface area contributed by atoms with Crippen molar-refractivity contribution in [2.75, 3.05) is 11.9 Å². The molecule has 0 unspecified atom stereocenters. The molecule has 2 aliphatic rings.